The first-order chi connectivity index (χ1) is 12.0. The standard InChI is InChI=1S/C18H14N2O5/c21-14-7-6-12(9-15(14)22)8-13-16(23)19-18(25)20(17(13)24)10-11-4-2-1-3-5-11/h1-9,21-22H,10H2,(H,19,23,25). The molecule has 0 unspecified atom stereocenters. The summed E-state index contributed by atoms with van der Waals surface area (Å²) < 4.78 is 0. The topological polar surface area (TPSA) is 107 Å². The van der Waals surface area contributed by atoms with E-state index in [1.54, 1.807) is 24.3 Å². The van der Waals surface area contributed by atoms with Crippen LogP contribution in [0.15, 0.2) is 54.1 Å². The van der Waals surface area contributed by atoms with Gasteiger partial charge in [-0.1, -0.05) is 36.4 Å². The van der Waals surface area contributed by atoms with Crippen molar-refractivity contribution in [2.24, 2.45) is 0 Å². The van der Waals surface area contributed by atoms with Crippen molar-refractivity contribution in [2.75, 3.05) is 0 Å². The molecule has 0 bridgehead atoms. The number of benzene rings is 2. The number of nitrogens with zero attached hydrogens (tertiary/aromatic N) is 1. The summed E-state index contributed by atoms with van der Waals surface area (Å²) in [4.78, 5) is 37.5. The first-order valence-corrected chi connectivity index (χ1v) is 7.40. The number of amides is 4. The average molecular weight is 338 g/mol. The SMILES string of the molecule is O=C1NC(=O)N(Cc2ccccc2)C(=O)C1=Cc1ccc(O)c(O)c1. The van der Waals surface area contributed by atoms with Gasteiger partial charge in [0.1, 0.15) is 5.57 Å². The summed E-state index contributed by atoms with van der Waals surface area (Å²) in [5.74, 6) is -2.24. The fourth-order valence-corrected chi connectivity index (χ4v) is 2.40. The van der Waals surface area contributed by atoms with E-state index in [-0.39, 0.29) is 23.6 Å². The molecule has 1 heterocycles. The highest BCUT2D eigenvalue weighted by atomic mass is 16.3. The van der Waals surface area contributed by atoms with Crippen LogP contribution in [0, 0.1) is 0 Å². The lowest BCUT2D eigenvalue weighted by Crippen LogP contribution is -2.53. The van der Waals surface area contributed by atoms with E-state index in [9.17, 15) is 24.6 Å². The van der Waals surface area contributed by atoms with Gasteiger partial charge >= 0.3 is 6.03 Å². The van der Waals surface area contributed by atoms with Gasteiger partial charge in [-0.05, 0) is 29.3 Å². The molecule has 7 heteroatoms. The molecule has 0 aromatic heterocycles. The number of phenols is 2. The van der Waals surface area contributed by atoms with Crippen molar-refractivity contribution in [3.8, 4) is 11.5 Å². The van der Waals surface area contributed by atoms with Gasteiger partial charge < -0.3 is 10.2 Å². The van der Waals surface area contributed by atoms with Gasteiger partial charge in [-0.3, -0.25) is 19.8 Å². The Kier molecular flexibility index (Phi) is 4.21. The van der Waals surface area contributed by atoms with Crippen molar-refractivity contribution >= 4 is 23.9 Å². The number of hydrogen-bond acceptors (Lipinski definition) is 5. The summed E-state index contributed by atoms with van der Waals surface area (Å²) in [7, 11) is 0. The number of carbonyl (C=O) groups is 3. The van der Waals surface area contributed by atoms with Gasteiger partial charge in [-0.15, -0.1) is 0 Å². The number of hydrogen-bond donors (Lipinski definition) is 3. The Morgan fingerprint density at radius 3 is 2.36 bits per heavy atom. The number of imide groups is 2. The van der Waals surface area contributed by atoms with E-state index in [1.807, 2.05) is 6.07 Å². The Morgan fingerprint density at radius 1 is 0.960 bits per heavy atom. The number of urea groups is 1. The predicted octanol–water partition coefficient (Wildman–Crippen LogP) is 1.76. The summed E-state index contributed by atoms with van der Waals surface area (Å²) in [6, 6.07) is 12.0. The summed E-state index contributed by atoms with van der Waals surface area (Å²) in [6.45, 7) is 0.0248. The first kappa shape index (κ1) is 16.3. The van der Waals surface area contributed by atoms with E-state index in [0.29, 0.717) is 5.56 Å². The zero-order valence-electron chi connectivity index (χ0n) is 13.0. The van der Waals surface area contributed by atoms with Crippen LogP contribution in [0.5, 0.6) is 11.5 Å². The molecule has 2 aromatic carbocycles. The summed E-state index contributed by atoms with van der Waals surface area (Å²) in [5.41, 5.74) is 0.838. The molecule has 0 aliphatic carbocycles. The summed E-state index contributed by atoms with van der Waals surface area (Å²) in [5, 5.41) is 21.0. The van der Waals surface area contributed by atoms with E-state index in [0.717, 1.165) is 10.5 Å². The van der Waals surface area contributed by atoms with Crippen LogP contribution in [0.25, 0.3) is 6.08 Å². The Balaban J connectivity index is 1.92. The maximum Gasteiger partial charge on any atom is 0.331 e. The van der Waals surface area contributed by atoms with Crippen molar-refractivity contribution in [2.45, 2.75) is 6.54 Å². The number of barbiturate groups is 1. The van der Waals surface area contributed by atoms with Crippen LogP contribution in [0.2, 0.25) is 0 Å². The molecule has 1 aliphatic heterocycles. The van der Waals surface area contributed by atoms with E-state index >= 15 is 0 Å². The maximum absolute atomic E-state index is 12.6. The highest BCUT2D eigenvalue weighted by Gasteiger charge is 2.35. The number of phenolic OH excluding ortho intramolecular Hbond substituents is 2. The molecule has 25 heavy (non-hydrogen) atoms. The van der Waals surface area contributed by atoms with Crippen LogP contribution in [-0.4, -0.2) is 33.0 Å². The highest BCUT2D eigenvalue weighted by Crippen LogP contribution is 2.26. The Labute approximate surface area is 142 Å². The number of nitrogens with one attached hydrogen (secondary N) is 1. The van der Waals surface area contributed by atoms with Crippen molar-refractivity contribution < 1.29 is 24.6 Å². The zero-order valence-corrected chi connectivity index (χ0v) is 13.0. The number of aromatic hydroxyl groups is 2. The van der Waals surface area contributed by atoms with Crippen molar-refractivity contribution in [3.63, 3.8) is 0 Å². The summed E-state index contributed by atoms with van der Waals surface area (Å²) in [6.07, 6.45) is 1.25. The molecule has 0 radical (unpaired) electrons. The molecule has 3 N–H and O–H groups in total. The van der Waals surface area contributed by atoms with E-state index in [4.69, 9.17) is 0 Å². The normalized spacial score (nSPS) is 16.2. The van der Waals surface area contributed by atoms with Crippen LogP contribution in [0.3, 0.4) is 0 Å². The smallest absolute Gasteiger partial charge is 0.331 e. The van der Waals surface area contributed by atoms with Gasteiger partial charge in [0.25, 0.3) is 11.8 Å². The highest BCUT2D eigenvalue weighted by molar-refractivity contribution is 6.30. The predicted molar refractivity (Wildman–Crippen MR) is 88.3 cm³/mol. The molecule has 0 spiro atoms. The molecule has 7 nitrogen and oxygen atoms in total. The lowest BCUT2D eigenvalue weighted by molar-refractivity contribution is -0.130. The van der Waals surface area contributed by atoms with Crippen LogP contribution in [0.1, 0.15) is 11.1 Å². The molecular weight excluding hydrogens is 324 g/mol. The minimum atomic E-state index is -0.813. The van der Waals surface area contributed by atoms with Gasteiger partial charge in [-0.2, -0.15) is 0 Å². The van der Waals surface area contributed by atoms with Crippen molar-refractivity contribution in [3.05, 3.63) is 65.2 Å². The molecule has 126 valence electrons. The summed E-state index contributed by atoms with van der Waals surface area (Å²) >= 11 is 0. The van der Waals surface area contributed by atoms with E-state index in [1.165, 1.54) is 24.3 Å². The minimum Gasteiger partial charge on any atom is -0.504 e. The third kappa shape index (κ3) is 3.35. The lowest BCUT2D eigenvalue weighted by atomic mass is 10.1. The van der Waals surface area contributed by atoms with Gasteiger partial charge in [0.15, 0.2) is 11.5 Å². The second-order valence-electron chi connectivity index (χ2n) is 5.44. The van der Waals surface area contributed by atoms with Crippen LogP contribution in [-0.2, 0) is 16.1 Å². The van der Waals surface area contributed by atoms with Crippen LogP contribution in [0.4, 0.5) is 4.79 Å². The third-order valence-corrected chi connectivity index (χ3v) is 3.68. The second-order valence-corrected chi connectivity index (χ2v) is 5.44. The molecule has 0 saturated carbocycles. The Morgan fingerprint density at radius 2 is 1.68 bits per heavy atom. The van der Waals surface area contributed by atoms with Gasteiger partial charge in [0.2, 0.25) is 0 Å². The van der Waals surface area contributed by atoms with Gasteiger partial charge in [0.05, 0.1) is 6.54 Å². The third-order valence-electron chi connectivity index (χ3n) is 3.68. The van der Waals surface area contributed by atoms with Crippen molar-refractivity contribution in [1.82, 2.24) is 10.2 Å². The number of carbonyl (C=O) groups excluding carboxylic acids is 3. The zero-order chi connectivity index (χ0) is 18.0. The lowest BCUT2D eigenvalue weighted by Gasteiger charge is -2.26. The van der Waals surface area contributed by atoms with Gasteiger partial charge in [-0.25, -0.2) is 4.79 Å². The molecule has 1 aliphatic rings. The molecule has 0 atom stereocenters. The van der Waals surface area contributed by atoms with E-state index < -0.39 is 17.8 Å². The molecule has 1 saturated heterocycles. The Bertz CT molecular complexity index is 890. The number of rotatable bonds is 3. The molecule has 1 fully saturated rings. The second kappa shape index (κ2) is 6.48. The van der Waals surface area contributed by atoms with E-state index in [2.05, 4.69) is 5.32 Å². The van der Waals surface area contributed by atoms with Crippen molar-refractivity contribution in [1.29, 1.82) is 0 Å². The minimum absolute atomic E-state index is 0.0248. The molecule has 2 aromatic rings. The molecule has 3 rings (SSSR count). The maximum atomic E-state index is 12.6. The fourth-order valence-electron chi connectivity index (χ4n) is 2.40. The van der Waals surface area contributed by atoms with Crippen LogP contribution >= 0.6 is 0 Å². The average Bonchev–Trinajstić information content (AvgIpc) is 2.59. The first-order valence-electron chi connectivity index (χ1n) is 7.40. The largest absolute Gasteiger partial charge is 0.504 e. The quantitative estimate of drug-likeness (QED) is 0.449. The fraction of sp³-hybridized carbons (Fsp3) is 0.0556. The Hall–Kier alpha value is -3.61. The van der Waals surface area contributed by atoms with Gasteiger partial charge in [0, 0.05) is 0 Å². The monoisotopic (exact) mass is 338 g/mol. The van der Waals surface area contributed by atoms with Crippen LogP contribution < -0.4 is 5.32 Å². The molecular formula is C18H14N2O5. The molecule has 4 amide bonds.